The van der Waals surface area contributed by atoms with Gasteiger partial charge in [0.15, 0.2) is 0 Å². The zero-order chi connectivity index (χ0) is 11.3. The summed E-state index contributed by atoms with van der Waals surface area (Å²) in [6, 6.07) is 5.69. The van der Waals surface area contributed by atoms with Crippen molar-refractivity contribution in [2.45, 2.75) is 33.2 Å². The average molecular weight is 206 g/mol. The van der Waals surface area contributed by atoms with Crippen molar-refractivity contribution in [1.82, 2.24) is 10.3 Å². The fraction of sp³-hybridized carbons (Fsp3) is 0.500. The maximum Gasteiger partial charge on any atom is 0.220 e. The molecule has 0 aliphatic heterocycles. The summed E-state index contributed by atoms with van der Waals surface area (Å²) in [5.74, 6) is 0.476. The zero-order valence-corrected chi connectivity index (χ0v) is 9.53. The Kier molecular flexibility index (Phi) is 4.28. The molecule has 0 aliphatic rings. The van der Waals surface area contributed by atoms with Crippen molar-refractivity contribution < 1.29 is 4.79 Å². The predicted octanol–water partition coefficient (Wildman–Crippen LogP) is 2.30. The molecule has 0 aromatic carbocycles. The van der Waals surface area contributed by atoms with Gasteiger partial charge in [0.2, 0.25) is 5.91 Å². The minimum atomic E-state index is -0.0163. The van der Waals surface area contributed by atoms with Crippen molar-refractivity contribution in [3.05, 3.63) is 30.1 Å². The number of carbonyl (C=O) groups excluding carboxylic acids is 1. The first kappa shape index (κ1) is 11.7. The number of aromatic nitrogens is 1. The van der Waals surface area contributed by atoms with E-state index in [9.17, 15) is 4.79 Å². The van der Waals surface area contributed by atoms with E-state index in [2.05, 4.69) is 10.3 Å². The van der Waals surface area contributed by atoms with Gasteiger partial charge in [-0.1, -0.05) is 19.9 Å². The first-order chi connectivity index (χ1) is 7.09. The lowest BCUT2D eigenvalue weighted by Gasteiger charge is -2.14. The van der Waals surface area contributed by atoms with E-state index in [4.69, 9.17) is 0 Å². The third-order valence-electron chi connectivity index (χ3n) is 2.10. The lowest BCUT2D eigenvalue weighted by molar-refractivity contribution is -0.122. The molecule has 0 fully saturated rings. The number of nitrogens with one attached hydrogen (secondary N) is 1. The van der Waals surface area contributed by atoms with Crippen molar-refractivity contribution in [1.29, 1.82) is 0 Å². The molecular weight excluding hydrogens is 188 g/mol. The number of hydrogen-bond acceptors (Lipinski definition) is 2. The van der Waals surface area contributed by atoms with Crippen molar-refractivity contribution >= 4 is 5.91 Å². The van der Waals surface area contributed by atoms with Gasteiger partial charge in [0.1, 0.15) is 0 Å². The Morgan fingerprint density at radius 1 is 1.40 bits per heavy atom. The summed E-state index contributed by atoms with van der Waals surface area (Å²) in [5.41, 5.74) is 0.898. The van der Waals surface area contributed by atoms with Crippen LogP contribution in [0, 0.1) is 5.92 Å². The summed E-state index contributed by atoms with van der Waals surface area (Å²) in [7, 11) is 0. The summed E-state index contributed by atoms with van der Waals surface area (Å²) in [6.45, 7) is 6.01. The molecule has 1 aromatic rings. The van der Waals surface area contributed by atoms with Crippen LogP contribution in [0.2, 0.25) is 0 Å². The maximum absolute atomic E-state index is 11.5. The van der Waals surface area contributed by atoms with Crippen LogP contribution in [0.1, 0.15) is 38.9 Å². The minimum Gasteiger partial charge on any atom is -0.348 e. The second-order valence-corrected chi connectivity index (χ2v) is 4.14. The van der Waals surface area contributed by atoms with E-state index >= 15 is 0 Å². The molecule has 0 saturated carbocycles. The average Bonchev–Trinajstić information content (AvgIpc) is 2.17. The first-order valence-corrected chi connectivity index (χ1v) is 5.30. The highest BCUT2D eigenvalue weighted by molar-refractivity contribution is 5.76. The molecule has 1 aromatic heterocycles. The molecule has 1 atom stereocenters. The van der Waals surface area contributed by atoms with Gasteiger partial charge in [0.25, 0.3) is 0 Å². The molecule has 3 heteroatoms. The molecule has 0 aliphatic carbocycles. The van der Waals surface area contributed by atoms with E-state index in [0.717, 1.165) is 5.69 Å². The molecule has 0 bridgehead atoms. The lowest BCUT2D eigenvalue weighted by atomic mass is 10.1. The van der Waals surface area contributed by atoms with Gasteiger partial charge in [-0.25, -0.2) is 0 Å². The molecule has 1 heterocycles. The van der Waals surface area contributed by atoms with Gasteiger partial charge in [-0.15, -0.1) is 0 Å². The Labute approximate surface area is 90.9 Å². The topological polar surface area (TPSA) is 42.0 Å². The summed E-state index contributed by atoms with van der Waals surface area (Å²) in [5, 5.41) is 2.93. The molecular formula is C12H18N2O. The van der Waals surface area contributed by atoms with Gasteiger partial charge < -0.3 is 5.32 Å². The van der Waals surface area contributed by atoms with Crippen LogP contribution in [0.5, 0.6) is 0 Å². The van der Waals surface area contributed by atoms with E-state index in [1.165, 1.54) is 0 Å². The van der Waals surface area contributed by atoms with Gasteiger partial charge in [-0.3, -0.25) is 9.78 Å². The number of pyridine rings is 1. The Bertz CT molecular complexity index is 309. The number of hydrogen-bond donors (Lipinski definition) is 1. The smallest absolute Gasteiger partial charge is 0.220 e. The molecule has 3 nitrogen and oxygen atoms in total. The van der Waals surface area contributed by atoms with Crippen molar-refractivity contribution in [3.63, 3.8) is 0 Å². The molecule has 82 valence electrons. The number of carbonyl (C=O) groups is 1. The third-order valence-corrected chi connectivity index (χ3v) is 2.10. The second-order valence-electron chi connectivity index (χ2n) is 4.14. The fourth-order valence-corrected chi connectivity index (χ4v) is 1.38. The fourth-order valence-electron chi connectivity index (χ4n) is 1.38. The van der Waals surface area contributed by atoms with Gasteiger partial charge >= 0.3 is 0 Å². The molecule has 1 N–H and O–H groups in total. The van der Waals surface area contributed by atoms with E-state index < -0.39 is 0 Å². The van der Waals surface area contributed by atoms with Crippen LogP contribution in [0.4, 0.5) is 0 Å². The van der Waals surface area contributed by atoms with Gasteiger partial charge in [0.05, 0.1) is 11.7 Å². The van der Waals surface area contributed by atoms with Crippen LogP contribution >= 0.6 is 0 Å². The normalized spacial score (nSPS) is 12.5. The van der Waals surface area contributed by atoms with Crippen LogP contribution in [0.3, 0.4) is 0 Å². The summed E-state index contributed by atoms with van der Waals surface area (Å²) in [4.78, 5) is 15.7. The highest BCUT2D eigenvalue weighted by Crippen LogP contribution is 2.09. The minimum absolute atomic E-state index is 0.0163. The molecule has 0 unspecified atom stereocenters. The van der Waals surface area contributed by atoms with Crippen LogP contribution in [-0.2, 0) is 4.79 Å². The van der Waals surface area contributed by atoms with Gasteiger partial charge in [-0.05, 0) is 25.0 Å². The zero-order valence-electron chi connectivity index (χ0n) is 9.53. The summed E-state index contributed by atoms with van der Waals surface area (Å²) >= 11 is 0. The van der Waals surface area contributed by atoms with E-state index in [1.807, 2.05) is 39.0 Å². The Hall–Kier alpha value is -1.38. The molecule has 15 heavy (non-hydrogen) atoms. The van der Waals surface area contributed by atoms with Crippen molar-refractivity contribution in [2.24, 2.45) is 5.92 Å². The molecule has 1 rings (SSSR count). The van der Waals surface area contributed by atoms with Gasteiger partial charge in [0, 0.05) is 12.6 Å². The van der Waals surface area contributed by atoms with Crippen molar-refractivity contribution in [2.75, 3.05) is 0 Å². The standard InChI is InChI=1S/C12H18N2O/c1-9(2)8-12(15)14-10(3)11-6-4-5-7-13-11/h4-7,9-10H,8H2,1-3H3,(H,14,15)/t10-/m1/s1. The Morgan fingerprint density at radius 2 is 2.13 bits per heavy atom. The predicted molar refractivity (Wildman–Crippen MR) is 60.2 cm³/mol. The maximum atomic E-state index is 11.5. The molecule has 1 amide bonds. The summed E-state index contributed by atoms with van der Waals surface area (Å²) < 4.78 is 0. The highest BCUT2D eigenvalue weighted by Gasteiger charge is 2.10. The Balaban J connectivity index is 2.49. The van der Waals surface area contributed by atoms with E-state index in [-0.39, 0.29) is 11.9 Å². The van der Waals surface area contributed by atoms with Crippen LogP contribution in [0.15, 0.2) is 24.4 Å². The van der Waals surface area contributed by atoms with Crippen molar-refractivity contribution in [3.8, 4) is 0 Å². The number of amides is 1. The molecule has 0 saturated heterocycles. The van der Waals surface area contributed by atoms with Crippen LogP contribution in [0.25, 0.3) is 0 Å². The first-order valence-electron chi connectivity index (χ1n) is 5.30. The van der Waals surface area contributed by atoms with Gasteiger partial charge in [-0.2, -0.15) is 0 Å². The lowest BCUT2D eigenvalue weighted by Crippen LogP contribution is -2.27. The third kappa shape index (κ3) is 4.11. The quantitative estimate of drug-likeness (QED) is 0.821. The van der Waals surface area contributed by atoms with E-state index in [1.54, 1.807) is 6.20 Å². The molecule has 0 spiro atoms. The highest BCUT2D eigenvalue weighted by atomic mass is 16.1. The SMILES string of the molecule is CC(C)CC(=O)N[C@H](C)c1ccccn1. The molecule has 0 radical (unpaired) electrons. The van der Waals surface area contributed by atoms with E-state index in [0.29, 0.717) is 12.3 Å². The second kappa shape index (κ2) is 5.49. The largest absolute Gasteiger partial charge is 0.348 e. The van der Waals surface area contributed by atoms with Crippen LogP contribution < -0.4 is 5.32 Å². The number of nitrogens with zero attached hydrogens (tertiary/aromatic N) is 1. The monoisotopic (exact) mass is 206 g/mol. The summed E-state index contributed by atoms with van der Waals surface area (Å²) in [6.07, 6.45) is 2.30. The van der Waals surface area contributed by atoms with Crippen LogP contribution in [-0.4, -0.2) is 10.9 Å². The number of rotatable bonds is 4. The Morgan fingerprint density at radius 3 is 2.67 bits per heavy atom.